The monoisotopic (exact) mass is 302 g/mol. The third-order valence-corrected chi connectivity index (χ3v) is 4.75. The Labute approximate surface area is 118 Å². The number of hydrogen-bond acceptors (Lipinski definition) is 5. The van der Waals surface area contributed by atoms with Gasteiger partial charge >= 0.3 is 0 Å². The fraction of sp³-hybridized carbons (Fsp3) is 0.500. The predicted octanol–water partition coefficient (Wildman–Crippen LogP) is 2.02. The van der Waals surface area contributed by atoms with Crippen LogP contribution in [0.1, 0.15) is 19.8 Å². The third-order valence-electron chi connectivity index (χ3n) is 2.87. The molecule has 7 nitrogen and oxygen atoms in total. The molecule has 0 bridgehead atoms. The van der Waals surface area contributed by atoms with Gasteiger partial charge in [0, 0.05) is 25.7 Å². The lowest BCUT2D eigenvalue weighted by Gasteiger charge is -2.18. The van der Waals surface area contributed by atoms with Gasteiger partial charge in [0.05, 0.1) is 12.0 Å². The van der Waals surface area contributed by atoms with Gasteiger partial charge in [-0.05, 0) is 12.5 Å². The molecule has 0 aliphatic carbocycles. The van der Waals surface area contributed by atoms with Crippen molar-refractivity contribution in [2.45, 2.75) is 24.7 Å². The van der Waals surface area contributed by atoms with Crippen LogP contribution in [0.2, 0.25) is 0 Å². The lowest BCUT2D eigenvalue weighted by Crippen LogP contribution is -2.28. The zero-order chi connectivity index (χ0) is 15.3. The highest BCUT2D eigenvalue weighted by molar-refractivity contribution is 7.89. The van der Waals surface area contributed by atoms with Gasteiger partial charge in [0.15, 0.2) is 0 Å². The molecule has 0 aliphatic heterocycles. The Kier molecular flexibility index (Phi) is 5.46. The van der Waals surface area contributed by atoms with Gasteiger partial charge in [0.1, 0.15) is 10.6 Å². The second-order valence-electron chi connectivity index (χ2n) is 4.27. The van der Waals surface area contributed by atoms with Gasteiger partial charge < -0.3 is 4.74 Å². The van der Waals surface area contributed by atoms with E-state index in [2.05, 4.69) is 0 Å². The average molecular weight is 302 g/mol. The second-order valence-corrected chi connectivity index (χ2v) is 6.29. The van der Waals surface area contributed by atoms with E-state index in [0.717, 1.165) is 12.5 Å². The number of hydrogen-bond donors (Lipinski definition) is 0. The highest BCUT2D eigenvalue weighted by Crippen LogP contribution is 2.30. The maximum atomic E-state index is 12.4. The molecule has 0 aliphatic rings. The number of non-ortho nitro benzene ring substituents is 1. The number of unbranched alkanes of at least 4 members (excludes halogenated alkanes) is 1. The first-order valence-corrected chi connectivity index (χ1v) is 7.57. The molecule has 0 amide bonds. The number of sulfonamides is 1. The Bertz CT molecular complexity index is 586. The van der Waals surface area contributed by atoms with Crippen molar-refractivity contribution in [2.75, 3.05) is 20.7 Å². The summed E-state index contributed by atoms with van der Waals surface area (Å²) < 4.78 is 31.0. The van der Waals surface area contributed by atoms with Crippen molar-refractivity contribution < 1.29 is 18.1 Å². The largest absolute Gasteiger partial charge is 0.495 e. The van der Waals surface area contributed by atoms with E-state index in [1.165, 1.54) is 30.6 Å². The van der Waals surface area contributed by atoms with Gasteiger partial charge in [0.2, 0.25) is 10.0 Å². The van der Waals surface area contributed by atoms with Crippen LogP contribution in [-0.2, 0) is 10.0 Å². The normalized spacial score (nSPS) is 11.6. The maximum Gasteiger partial charge on any atom is 0.271 e. The number of nitro groups is 1. The highest BCUT2D eigenvalue weighted by Gasteiger charge is 2.26. The van der Waals surface area contributed by atoms with Crippen LogP contribution in [0, 0.1) is 10.1 Å². The quantitative estimate of drug-likeness (QED) is 0.568. The van der Waals surface area contributed by atoms with Crippen LogP contribution in [0.5, 0.6) is 5.75 Å². The average Bonchev–Trinajstić information content (AvgIpc) is 2.43. The first-order chi connectivity index (χ1) is 9.34. The van der Waals surface area contributed by atoms with Gasteiger partial charge in [-0.2, -0.15) is 0 Å². The number of nitro benzene ring substituents is 1. The summed E-state index contributed by atoms with van der Waals surface area (Å²) in [6.45, 7) is 2.30. The number of nitrogens with zero attached hydrogens (tertiary/aromatic N) is 2. The molecule has 0 N–H and O–H groups in total. The maximum absolute atomic E-state index is 12.4. The molecular formula is C12H18N2O5S. The van der Waals surface area contributed by atoms with Crippen LogP contribution in [0.4, 0.5) is 5.69 Å². The smallest absolute Gasteiger partial charge is 0.271 e. The molecule has 1 aromatic rings. The van der Waals surface area contributed by atoms with Crippen molar-refractivity contribution in [3.05, 3.63) is 28.3 Å². The number of ether oxygens (including phenoxy) is 1. The van der Waals surface area contributed by atoms with Crippen molar-refractivity contribution in [1.29, 1.82) is 0 Å². The summed E-state index contributed by atoms with van der Waals surface area (Å²) in [5.74, 6) is 0.0962. The lowest BCUT2D eigenvalue weighted by atomic mass is 10.3. The summed E-state index contributed by atoms with van der Waals surface area (Å²) in [6, 6.07) is 3.53. The van der Waals surface area contributed by atoms with Crippen molar-refractivity contribution in [3.8, 4) is 5.75 Å². The van der Waals surface area contributed by atoms with E-state index < -0.39 is 14.9 Å². The first-order valence-electron chi connectivity index (χ1n) is 6.13. The van der Waals surface area contributed by atoms with Gasteiger partial charge in [-0.15, -0.1) is 0 Å². The van der Waals surface area contributed by atoms with Crippen LogP contribution >= 0.6 is 0 Å². The summed E-state index contributed by atoms with van der Waals surface area (Å²) in [4.78, 5) is 9.96. The first kappa shape index (κ1) is 16.4. The van der Waals surface area contributed by atoms with Crippen LogP contribution in [0.25, 0.3) is 0 Å². The minimum absolute atomic E-state index is 0.0962. The van der Waals surface area contributed by atoms with E-state index >= 15 is 0 Å². The Hall–Kier alpha value is -1.67. The molecule has 1 aromatic carbocycles. The van der Waals surface area contributed by atoms with Crippen molar-refractivity contribution in [1.82, 2.24) is 4.31 Å². The molecule has 20 heavy (non-hydrogen) atoms. The molecule has 0 heterocycles. The molecular weight excluding hydrogens is 284 g/mol. The summed E-state index contributed by atoms with van der Waals surface area (Å²) in [7, 11) is -1.03. The van der Waals surface area contributed by atoms with Crippen molar-refractivity contribution >= 4 is 15.7 Å². The van der Waals surface area contributed by atoms with Crippen LogP contribution in [-0.4, -0.2) is 38.3 Å². The molecule has 8 heteroatoms. The number of benzene rings is 1. The molecule has 0 radical (unpaired) electrons. The van der Waals surface area contributed by atoms with Crippen LogP contribution in [0.3, 0.4) is 0 Å². The zero-order valence-corrected chi connectivity index (χ0v) is 12.5. The van der Waals surface area contributed by atoms with E-state index in [1.807, 2.05) is 6.92 Å². The Morgan fingerprint density at radius 2 is 2.05 bits per heavy atom. The van der Waals surface area contributed by atoms with Gasteiger partial charge in [-0.1, -0.05) is 13.3 Å². The highest BCUT2D eigenvalue weighted by atomic mass is 32.2. The van der Waals surface area contributed by atoms with Crippen molar-refractivity contribution in [2.24, 2.45) is 0 Å². The topological polar surface area (TPSA) is 89.8 Å². The summed E-state index contributed by atoms with van der Waals surface area (Å²) in [6.07, 6.45) is 1.57. The fourth-order valence-electron chi connectivity index (χ4n) is 1.65. The molecule has 0 aromatic heterocycles. The molecule has 0 saturated carbocycles. The molecule has 0 spiro atoms. The van der Waals surface area contributed by atoms with Gasteiger partial charge in [0.25, 0.3) is 5.69 Å². The van der Waals surface area contributed by atoms with Gasteiger partial charge in [-0.25, -0.2) is 12.7 Å². The van der Waals surface area contributed by atoms with Crippen molar-refractivity contribution in [3.63, 3.8) is 0 Å². The Morgan fingerprint density at radius 3 is 2.55 bits per heavy atom. The molecule has 0 fully saturated rings. The van der Waals surface area contributed by atoms with E-state index in [-0.39, 0.29) is 16.3 Å². The van der Waals surface area contributed by atoms with E-state index in [9.17, 15) is 18.5 Å². The molecule has 0 unspecified atom stereocenters. The molecule has 112 valence electrons. The second kappa shape index (κ2) is 6.67. The van der Waals surface area contributed by atoms with E-state index in [1.54, 1.807) is 0 Å². The molecule has 0 saturated heterocycles. The SMILES string of the molecule is CCCCN(C)S(=O)(=O)c1cc([N+](=O)[O-])ccc1OC. The van der Waals surface area contributed by atoms with Gasteiger partial charge in [-0.3, -0.25) is 10.1 Å². The Morgan fingerprint density at radius 1 is 1.40 bits per heavy atom. The summed E-state index contributed by atoms with van der Waals surface area (Å²) in [5, 5.41) is 10.8. The van der Waals surface area contributed by atoms with E-state index in [4.69, 9.17) is 4.74 Å². The fourth-order valence-corrected chi connectivity index (χ4v) is 3.03. The molecule has 0 atom stereocenters. The minimum atomic E-state index is -3.81. The summed E-state index contributed by atoms with van der Waals surface area (Å²) in [5.41, 5.74) is -0.284. The standard InChI is InChI=1S/C12H18N2O5S/c1-4-5-8-13(2)20(17,18)12-9-10(14(15)16)6-7-11(12)19-3/h6-7,9H,4-5,8H2,1-3H3. The lowest BCUT2D eigenvalue weighted by molar-refractivity contribution is -0.385. The minimum Gasteiger partial charge on any atom is -0.495 e. The molecule has 1 rings (SSSR count). The van der Waals surface area contributed by atoms with Crippen LogP contribution in [0.15, 0.2) is 23.1 Å². The Balaban J connectivity index is 3.27. The van der Waals surface area contributed by atoms with Crippen LogP contribution < -0.4 is 4.74 Å². The number of methoxy groups -OCH3 is 1. The third kappa shape index (κ3) is 3.45. The predicted molar refractivity (Wildman–Crippen MR) is 74.4 cm³/mol. The van der Waals surface area contributed by atoms with E-state index in [0.29, 0.717) is 13.0 Å². The zero-order valence-electron chi connectivity index (χ0n) is 11.7. The number of rotatable bonds is 7. The summed E-state index contributed by atoms with van der Waals surface area (Å²) >= 11 is 0.